The number of carbonyl (C=O) groups excluding carboxylic acids is 1. The molecule has 5 nitrogen and oxygen atoms in total. The number of hydrogen-bond acceptors (Lipinski definition) is 3. The van der Waals surface area contributed by atoms with Crippen LogP contribution in [0.5, 0.6) is 5.88 Å². The van der Waals surface area contributed by atoms with Gasteiger partial charge in [0.05, 0.1) is 13.2 Å². The first-order valence-electron chi connectivity index (χ1n) is 9.56. The molecular weight excluding hydrogens is 345 g/mol. The third-order valence-corrected chi connectivity index (χ3v) is 5.30. The second-order valence-corrected chi connectivity index (χ2v) is 7.25. The maximum Gasteiger partial charge on any atom is 0.250 e. The van der Waals surface area contributed by atoms with Gasteiger partial charge in [0.1, 0.15) is 0 Å². The van der Waals surface area contributed by atoms with Crippen molar-refractivity contribution in [2.24, 2.45) is 5.92 Å². The van der Waals surface area contributed by atoms with Crippen molar-refractivity contribution in [2.75, 3.05) is 13.2 Å². The van der Waals surface area contributed by atoms with Gasteiger partial charge in [0.15, 0.2) is 5.82 Å². The molecule has 0 fully saturated rings. The Morgan fingerprint density at radius 2 is 2.22 bits per heavy atom. The minimum atomic E-state index is -0.448. The van der Waals surface area contributed by atoms with Gasteiger partial charge in [-0.15, -0.1) is 0 Å². The van der Waals surface area contributed by atoms with Gasteiger partial charge in [-0.2, -0.15) is 0 Å². The molecule has 4 rings (SSSR count). The summed E-state index contributed by atoms with van der Waals surface area (Å²) in [6.07, 6.45) is 9.33. The summed E-state index contributed by atoms with van der Waals surface area (Å²) < 4.78 is 21.4. The Hall–Kier alpha value is -2.63. The molecule has 6 heteroatoms. The van der Waals surface area contributed by atoms with Crippen LogP contribution in [-0.4, -0.2) is 33.5 Å². The Morgan fingerprint density at radius 3 is 3.04 bits per heavy atom. The van der Waals surface area contributed by atoms with Crippen LogP contribution in [0.2, 0.25) is 0 Å². The van der Waals surface area contributed by atoms with E-state index < -0.39 is 5.82 Å². The summed E-state index contributed by atoms with van der Waals surface area (Å²) in [4.78, 5) is 18.8. The van der Waals surface area contributed by atoms with E-state index in [2.05, 4.69) is 27.9 Å². The lowest BCUT2D eigenvalue weighted by Crippen LogP contribution is -2.35. The number of hydrogen-bond donors (Lipinski definition) is 0. The monoisotopic (exact) mass is 369 g/mol. The molecule has 1 unspecified atom stereocenters. The summed E-state index contributed by atoms with van der Waals surface area (Å²) in [7, 11) is 0. The molecule has 0 spiro atoms. The molecule has 0 saturated heterocycles. The predicted octanol–water partition coefficient (Wildman–Crippen LogP) is 3.56. The van der Waals surface area contributed by atoms with Gasteiger partial charge >= 0.3 is 0 Å². The number of ether oxygens (including phenoxy) is 1. The molecular formula is C21H24FN3O2. The van der Waals surface area contributed by atoms with Crippen molar-refractivity contribution in [2.45, 2.75) is 38.8 Å². The van der Waals surface area contributed by atoms with Gasteiger partial charge in [-0.3, -0.25) is 4.79 Å². The van der Waals surface area contributed by atoms with E-state index >= 15 is 0 Å². The second kappa shape index (κ2) is 7.94. The Kier molecular flexibility index (Phi) is 5.23. The van der Waals surface area contributed by atoms with Gasteiger partial charge < -0.3 is 14.2 Å². The number of rotatable bonds is 5. The summed E-state index contributed by atoms with van der Waals surface area (Å²) in [5.74, 6) is -0.00642. The molecule has 0 bridgehead atoms. The SMILES string of the molecule is O=C(C1=CCCC1)N1Cc2cccn2CC(CCOc2ncccc2F)C1. The van der Waals surface area contributed by atoms with Gasteiger partial charge in [0.2, 0.25) is 11.8 Å². The third kappa shape index (κ3) is 4.04. The van der Waals surface area contributed by atoms with Crippen molar-refractivity contribution in [3.63, 3.8) is 0 Å². The van der Waals surface area contributed by atoms with Crippen molar-refractivity contribution in [1.82, 2.24) is 14.5 Å². The first kappa shape index (κ1) is 17.8. The van der Waals surface area contributed by atoms with Crippen molar-refractivity contribution in [3.05, 3.63) is 59.8 Å². The molecule has 0 aromatic carbocycles. The minimum absolute atomic E-state index is 0.0387. The lowest BCUT2D eigenvalue weighted by atomic mass is 10.0. The highest BCUT2D eigenvalue weighted by Crippen LogP contribution is 2.25. The Labute approximate surface area is 158 Å². The van der Waals surface area contributed by atoms with Crippen LogP contribution in [0.4, 0.5) is 4.39 Å². The van der Waals surface area contributed by atoms with E-state index in [0.717, 1.165) is 43.5 Å². The zero-order valence-electron chi connectivity index (χ0n) is 15.3. The number of allylic oxidation sites excluding steroid dienone is 1. The predicted molar refractivity (Wildman–Crippen MR) is 99.6 cm³/mol. The fourth-order valence-electron chi connectivity index (χ4n) is 3.88. The van der Waals surface area contributed by atoms with Crippen LogP contribution in [0.1, 0.15) is 31.4 Å². The van der Waals surface area contributed by atoms with Crippen molar-refractivity contribution >= 4 is 5.91 Å². The van der Waals surface area contributed by atoms with Gasteiger partial charge in [-0.05, 0) is 55.9 Å². The molecule has 3 heterocycles. The molecule has 142 valence electrons. The molecule has 2 aromatic heterocycles. The number of carbonyl (C=O) groups is 1. The fourth-order valence-corrected chi connectivity index (χ4v) is 3.88. The van der Waals surface area contributed by atoms with Gasteiger partial charge in [0, 0.05) is 36.8 Å². The number of aromatic nitrogens is 2. The highest BCUT2D eigenvalue weighted by atomic mass is 19.1. The smallest absolute Gasteiger partial charge is 0.250 e. The molecule has 0 saturated carbocycles. The van der Waals surface area contributed by atoms with Crippen molar-refractivity contribution < 1.29 is 13.9 Å². The van der Waals surface area contributed by atoms with Crippen LogP contribution in [-0.2, 0) is 17.9 Å². The molecule has 1 amide bonds. The second-order valence-electron chi connectivity index (χ2n) is 7.25. The Morgan fingerprint density at radius 1 is 1.30 bits per heavy atom. The topological polar surface area (TPSA) is 47.4 Å². The number of nitrogens with zero attached hydrogens (tertiary/aromatic N) is 3. The molecule has 2 aliphatic rings. The lowest BCUT2D eigenvalue weighted by Gasteiger charge is -2.25. The number of halogens is 1. The van der Waals surface area contributed by atoms with E-state index in [1.807, 2.05) is 11.0 Å². The van der Waals surface area contributed by atoms with E-state index in [0.29, 0.717) is 19.7 Å². The van der Waals surface area contributed by atoms with Crippen LogP contribution in [0.15, 0.2) is 48.3 Å². The summed E-state index contributed by atoms with van der Waals surface area (Å²) >= 11 is 0. The normalized spacial score (nSPS) is 19.4. The number of pyridine rings is 1. The van der Waals surface area contributed by atoms with Crippen LogP contribution >= 0.6 is 0 Å². The fraction of sp³-hybridized carbons (Fsp3) is 0.429. The highest BCUT2D eigenvalue weighted by Gasteiger charge is 2.27. The summed E-state index contributed by atoms with van der Waals surface area (Å²) in [5, 5.41) is 0. The molecule has 2 aromatic rings. The average molecular weight is 369 g/mol. The molecule has 0 radical (unpaired) electrons. The molecule has 0 N–H and O–H groups in total. The minimum Gasteiger partial charge on any atom is -0.476 e. The van der Waals surface area contributed by atoms with E-state index in [1.54, 1.807) is 6.07 Å². The van der Waals surface area contributed by atoms with Crippen LogP contribution in [0.25, 0.3) is 0 Å². The Balaban J connectivity index is 1.43. The summed E-state index contributed by atoms with van der Waals surface area (Å²) in [5.41, 5.74) is 2.10. The maximum absolute atomic E-state index is 13.7. The first-order valence-corrected chi connectivity index (χ1v) is 9.56. The highest BCUT2D eigenvalue weighted by molar-refractivity contribution is 5.93. The van der Waals surface area contributed by atoms with E-state index in [9.17, 15) is 9.18 Å². The van der Waals surface area contributed by atoms with Crippen LogP contribution in [0.3, 0.4) is 0 Å². The zero-order valence-corrected chi connectivity index (χ0v) is 15.3. The van der Waals surface area contributed by atoms with E-state index in [4.69, 9.17) is 4.74 Å². The van der Waals surface area contributed by atoms with Crippen molar-refractivity contribution in [1.29, 1.82) is 0 Å². The van der Waals surface area contributed by atoms with Gasteiger partial charge in [-0.25, -0.2) is 9.37 Å². The molecule has 27 heavy (non-hydrogen) atoms. The van der Waals surface area contributed by atoms with Crippen LogP contribution in [0, 0.1) is 11.7 Å². The van der Waals surface area contributed by atoms with Crippen molar-refractivity contribution in [3.8, 4) is 5.88 Å². The first-order chi connectivity index (χ1) is 13.2. The van der Waals surface area contributed by atoms with E-state index in [1.165, 1.54) is 12.3 Å². The summed E-state index contributed by atoms with van der Waals surface area (Å²) in [6.45, 7) is 2.53. The molecule has 1 atom stereocenters. The van der Waals surface area contributed by atoms with Gasteiger partial charge in [0.25, 0.3) is 0 Å². The summed E-state index contributed by atoms with van der Waals surface area (Å²) in [6, 6.07) is 6.98. The average Bonchev–Trinajstić information content (AvgIpc) is 3.32. The third-order valence-electron chi connectivity index (χ3n) is 5.30. The quantitative estimate of drug-likeness (QED) is 0.810. The maximum atomic E-state index is 13.7. The lowest BCUT2D eigenvalue weighted by molar-refractivity contribution is -0.128. The zero-order chi connectivity index (χ0) is 18.6. The molecule has 1 aliphatic carbocycles. The Bertz CT molecular complexity index is 845. The number of amides is 1. The van der Waals surface area contributed by atoms with Crippen LogP contribution < -0.4 is 4.74 Å². The standard InChI is InChI=1S/C21H24FN3O2/c22-19-8-3-10-23-20(19)27-12-9-16-13-24-11-4-7-18(24)15-25(14-16)21(26)17-5-1-2-6-17/h3-5,7-8,10-11,16H,1-2,6,9,12-15H2. The number of fused-ring (bicyclic) bond motifs is 1. The molecule has 1 aliphatic heterocycles. The van der Waals surface area contributed by atoms with Gasteiger partial charge in [-0.1, -0.05) is 6.08 Å². The largest absolute Gasteiger partial charge is 0.476 e. The van der Waals surface area contributed by atoms with E-state index in [-0.39, 0.29) is 17.7 Å².